The van der Waals surface area contributed by atoms with Gasteiger partial charge in [-0.05, 0) is 0 Å². The highest BCUT2D eigenvalue weighted by Gasteiger charge is 2.57. The molecule has 1 unspecified atom stereocenters. The molecule has 1 atom stereocenters. The molecule has 1 aliphatic carbocycles. The van der Waals surface area contributed by atoms with Crippen molar-refractivity contribution in [1.29, 1.82) is 0 Å². The van der Waals surface area contributed by atoms with Crippen molar-refractivity contribution in [2.45, 2.75) is 15.7 Å². The van der Waals surface area contributed by atoms with Crippen molar-refractivity contribution in [2.75, 3.05) is 7.05 Å². The van der Waals surface area contributed by atoms with Gasteiger partial charge in [-0.1, -0.05) is 31.9 Å². The van der Waals surface area contributed by atoms with Crippen molar-refractivity contribution in [1.82, 2.24) is 5.01 Å². The SMILES string of the molecule is CN(C1CC1(Br)Br)[N+](=O)[O-]. The number of rotatable bonds is 2. The molecule has 10 heavy (non-hydrogen) atoms. The fourth-order valence-corrected chi connectivity index (χ4v) is 1.92. The van der Waals surface area contributed by atoms with Crippen molar-refractivity contribution in [2.24, 2.45) is 0 Å². The Hall–Kier alpha value is 0.160. The number of nitro groups is 1. The molecule has 0 aromatic carbocycles. The Labute approximate surface area is 74.9 Å². The Balaban J connectivity index is 2.47. The van der Waals surface area contributed by atoms with E-state index in [1.54, 1.807) is 0 Å². The van der Waals surface area contributed by atoms with E-state index in [9.17, 15) is 10.1 Å². The molecule has 4 nitrogen and oxygen atoms in total. The lowest BCUT2D eigenvalue weighted by Gasteiger charge is -2.07. The van der Waals surface area contributed by atoms with Crippen LogP contribution in [-0.2, 0) is 0 Å². The molecule has 0 aromatic heterocycles. The first kappa shape index (κ1) is 8.26. The highest BCUT2D eigenvalue weighted by atomic mass is 79.9. The maximum atomic E-state index is 10.2. The number of nitrogens with zero attached hydrogens (tertiary/aromatic N) is 2. The Morgan fingerprint density at radius 2 is 2.20 bits per heavy atom. The second-order valence-corrected chi connectivity index (χ2v) is 6.19. The van der Waals surface area contributed by atoms with Crippen LogP contribution in [0.2, 0.25) is 0 Å². The van der Waals surface area contributed by atoms with Crippen molar-refractivity contribution < 1.29 is 5.03 Å². The first-order valence-electron chi connectivity index (χ1n) is 2.70. The molecule has 0 saturated heterocycles. The van der Waals surface area contributed by atoms with Gasteiger partial charge in [0.2, 0.25) is 0 Å². The van der Waals surface area contributed by atoms with E-state index in [1.165, 1.54) is 7.05 Å². The largest absolute Gasteiger partial charge is 0.235 e. The van der Waals surface area contributed by atoms with Crippen molar-refractivity contribution in [3.8, 4) is 0 Å². The summed E-state index contributed by atoms with van der Waals surface area (Å²) in [6, 6.07) is -0.0255. The molecule has 0 bridgehead atoms. The molecule has 0 amide bonds. The van der Waals surface area contributed by atoms with Gasteiger partial charge in [-0.3, -0.25) is 0 Å². The van der Waals surface area contributed by atoms with Gasteiger partial charge in [-0.2, -0.15) is 0 Å². The number of hydrogen-bond donors (Lipinski definition) is 0. The summed E-state index contributed by atoms with van der Waals surface area (Å²) in [5.74, 6) is 0. The second kappa shape index (κ2) is 2.34. The van der Waals surface area contributed by atoms with E-state index < -0.39 is 5.03 Å². The van der Waals surface area contributed by atoms with E-state index in [-0.39, 0.29) is 9.28 Å². The molecular formula is C4H6Br2N2O2. The third-order valence-corrected chi connectivity index (χ3v) is 3.21. The first-order chi connectivity index (χ1) is 4.45. The number of alkyl halides is 2. The zero-order chi connectivity index (χ0) is 7.94. The van der Waals surface area contributed by atoms with Gasteiger partial charge in [0.25, 0.3) is 0 Å². The van der Waals surface area contributed by atoms with Crippen LogP contribution in [0, 0.1) is 10.1 Å². The molecule has 0 radical (unpaired) electrons. The molecule has 1 aliphatic rings. The van der Waals surface area contributed by atoms with E-state index >= 15 is 0 Å². The predicted octanol–water partition coefficient (Wildman–Crippen LogP) is 1.37. The molecule has 0 spiro atoms. The first-order valence-corrected chi connectivity index (χ1v) is 4.28. The molecule has 0 aliphatic heterocycles. The highest BCUT2D eigenvalue weighted by Crippen LogP contribution is 2.52. The molecular weight excluding hydrogens is 268 g/mol. The Morgan fingerprint density at radius 3 is 2.30 bits per heavy atom. The lowest BCUT2D eigenvalue weighted by atomic mass is 10.7. The van der Waals surface area contributed by atoms with E-state index in [4.69, 9.17) is 0 Å². The number of hydrogen-bond acceptors (Lipinski definition) is 2. The van der Waals surface area contributed by atoms with Crippen LogP contribution in [-0.4, -0.2) is 26.4 Å². The lowest BCUT2D eigenvalue weighted by Crippen LogP contribution is -2.30. The molecule has 1 fully saturated rings. The minimum Gasteiger partial charge on any atom is -0.235 e. The molecule has 0 heterocycles. The normalized spacial score (nSPS) is 27.7. The third-order valence-electron chi connectivity index (χ3n) is 1.50. The zero-order valence-electron chi connectivity index (χ0n) is 5.25. The number of hydrazine groups is 1. The topological polar surface area (TPSA) is 46.4 Å². The molecule has 1 saturated carbocycles. The maximum Gasteiger partial charge on any atom is 0.160 e. The average molecular weight is 274 g/mol. The minimum absolute atomic E-state index is 0.0255. The molecule has 6 heteroatoms. The highest BCUT2D eigenvalue weighted by molar-refractivity contribution is 9.25. The van der Waals surface area contributed by atoms with Gasteiger partial charge in [-0.25, -0.2) is 10.1 Å². The summed E-state index contributed by atoms with van der Waals surface area (Å²) in [6.45, 7) is 0. The van der Waals surface area contributed by atoms with E-state index in [1.807, 2.05) is 0 Å². The standard InChI is InChI=1S/C4H6Br2N2O2/c1-7(8(9)10)3-2-4(3,5)6/h3H,2H2,1H3. The fourth-order valence-electron chi connectivity index (χ4n) is 0.718. The van der Waals surface area contributed by atoms with Crippen LogP contribution in [0.3, 0.4) is 0 Å². The maximum absolute atomic E-state index is 10.2. The quantitative estimate of drug-likeness (QED) is 0.434. The molecule has 0 N–H and O–H groups in total. The average Bonchev–Trinajstić information content (AvgIpc) is 2.38. The smallest absolute Gasteiger partial charge is 0.160 e. The van der Waals surface area contributed by atoms with E-state index in [0.717, 1.165) is 11.4 Å². The van der Waals surface area contributed by atoms with Gasteiger partial charge in [0.15, 0.2) is 5.03 Å². The van der Waals surface area contributed by atoms with Crippen LogP contribution in [0.5, 0.6) is 0 Å². The second-order valence-electron chi connectivity index (χ2n) is 2.29. The van der Waals surface area contributed by atoms with Crippen LogP contribution >= 0.6 is 31.9 Å². The summed E-state index contributed by atoms with van der Waals surface area (Å²) in [7, 11) is 1.47. The summed E-state index contributed by atoms with van der Waals surface area (Å²) in [6.07, 6.45) is 0.768. The van der Waals surface area contributed by atoms with Crippen molar-refractivity contribution in [3.05, 3.63) is 10.1 Å². The van der Waals surface area contributed by atoms with Crippen LogP contribution in [0.1, 0.15) is 6.42 Å². The monoisotopic (exact) mass is 272 g/mol. The number of halogens is 2. The Morgan fingerprint density at radius 1 is 1.80 bits per heavy atom. The minimum atomic E-state index is -0.408. The van der Waals surface area contributed by atoms with Crippen molar-refractivity contribution >= 4 is 31.9 Å². The van der Waals surface area contributed by atoms with Gasteiger partial charge in [0.05, 0.1) is 7.05 Å². The van der Waals surface area contributed by atoms with Gasteiger partial charge < -0.3 is 0 Å². The summed E-state index contributed by atoms with van der Waals surface area (Å²) in [5, 5.41) is 10.9. The fraction of sp³-hybridized carbons (Fsp3) is 1.00. The van der Waals surface area contributed by atoms with Gasteiger partial charge in [0.1, 0.15) is 9.28 Å². The van der Waals surface area contributed by atoms with Crippen LogP contribution in [0.4, 0.5) is 0 Å². The lowest BCUT2D eigenvalue weighted by molar-refractivity contribution is -0.652. The van der Waals surface area contributed by atoms with E-state index in [0.29, 0.717) is 0 Å². The zero-order valence-corrected chi connectivity index (χ0v) is 8.42. The summed E-state index contributed by atoms with van der Waals surface area (Å²) in [5.41, 5.74) is 0. The van der Waals surface area contributed by atoms with Crippen LogP contribution < -0.4 is 0 Å². The Kier molecular flexibility index (Phi) is 1.93. The molecule has 1 rings (SSSR count). The van der Waals surface area contributed by atoms with Gasteiger partial charge in [0, 0.05) is 6.42 Å². The summed E-state index contributed by atoms with van der Waals surface area (Å²) < 4.78 is -0.220. The third kappa shape index (κ3) is 1.42. The van der Waals surface area contributed by atoms with Crippen LogP contribution in [0.25, 0.3) is 0 Å². The summed E-state index contributed by atoms with van der Waals surface area (Å²) >= 11 is 6.58. The van der Waals surface area contributed by atoms with Gasteiger partial charge in [-0.15, -0.1) is 5.01 Å². The molecule has 0 aromatic rings. The van der Waals surface area contributed by atoms with E-state index in [2.05, 4.69) is 31.9 Å². The predicted molar refractivity (Wildman–Crippen MR) is 43.7 cm³/mol. The van der Waals surface area contributed by atoms with Crippen molar-refractivity contribution in [3.63, 3.8) is 0 Å². The summed E-state index contributed by atoms with van der Waals surface area (Å²) in [4.78, 5) is 10.2. The van der Waals surface area contributed by atoms with Crippen LogP contribution in [0.15, 0.2) is 0 Å². The Bertz CT molecular complexity index is 173. The molecule has 58 valence electrons. The van der Waals surface area contributed by atoms with Gasteiger partial charge >= 0.3 is 0 Å².